The van der Waals surface area contributed by atoms with Crippen molar-refractivity contribution >= 4 is 49.6 Å². The number of rotatable bonds is 4. The lowest BCUT2D eigenvalue weighted by Crippen LogP contribution is -2.12. The van der Waals surface area contributed by atoms with Gasteiger partial charge in [0, 0.05) is 15.0 Å². The summed E-state index contributed by atoms with van der Waals surface area (Å²) >= 11 is 3.02. The molecule has 8 heteroatoms. The number of hydrogen-bond acceptors (Lipinski definition) is 4. The SMILES string of the molecule is Cc1cc(S(=O)(=O)Nc2ccc(F)cc2I)sc1CN. The summed E-state index contributed by atoms with van der Waals surface area (Å²) in [5.41, 5.74) is 6.76. The average Bonchev–Trinajstić information content (AvgIpc) is 2.75. The lowest BCUT2D eigenvalue weighted by atomic mass is 10.3. The third-order valence-electron chi connectivity index (χ3n) is 2.62. The first-order valence-corrected chi connectivity index (χ1v) is 8.98. The Labute approximate surface area is 134 Å². The molecule has 1 heterocycles. The topological polar surface area (TPSA) is 72.2 Å². The minimum Gasteiger partial charge on any atom is -0.326 e. The predicted octanol–water partition coefficient (Wildman–Crippen LogP) is 3.06. The third-order valence-corrected chi connectivity index (χ3v) is 6.61. The van der Waals surface area contributed by atoms with Crippen LogP contribution in [-0.4, -0.2) is 8.42 Å². The van der Waals surface area contributed by atoms with E-state index in [-0.39, 0.29) is 4.21 Å². The summed E-state index contributed by atoms with van der Waals surface area (Å²) in [7, 11) is -3.67. The standard InChI is InChI=1S/C12H12FIN2O2S2/c1-7-4-12(19-11(7)6-15)20(17,18)16-10-3-2-8(13)5-9(10)14/h2-5,16H,6,15H2,1H3. The lowest BCUT2D eigenvalue weighted by Gasteiger charge is -2.08. The Balaban J connectivity index is 2.35. The molecule has 0 amide bonds. The molecule has 2 rings (SSSR count). The van der Waals surface area contributed by atoms with Crippen LogP contribution in [0.15, 0.2) is 28.5 Å². The van der Waals surface area contributed by atoms with Crippen LogP contribution in [0.2, 0.25) is 0 Å². The van der Waals surface area contributed by atoms with Crippen LogP contribution in [0, 0.1) is 16.3 Å². The van der Waals surface area contributed by atoms with Gasteiger partial charge in [-0.25, -0.2) is 12.8 Å². The molecule has 20 heavy (non-hydrogen) atoms. The average molecular weight is 426 g/mol. The smallest absolute Gasteiger partial charge is 0.271 e. The summed E-state index contributed by atoms with van der Waals surface area (Å²) < 4.78 is 40.7. The second-order valence-electron chi connectivity index (χ2n) is 4.11. The number of halogens is 2. The fraction of sp³-hybridized carbons (Fsp3) is 0.167. The Bertz CT molecular complexity index is 744. The minimum absolute atomic E-state index is 0.204. The van der Waals surface area contributed by atoms with Crippen molar-refractivity contribution in [2.24, 2.45) is 5.73 Å². The van der Waals surface area contributed by atoms with Gasteiger partial charge in [-0.3, -0.25) is 4.72 Å². The van der Waals surface area contributed by atoms with Crippen molar-refractivity contribution in [3.05, 3.63) is 44.1 Å². The molecule has 1 aromatic heterocycles. The highest BCUT2D eigenvalue weighted by atomic mass is 127. The highest BCUT2D eigenvalue weighted by molar-refractivity contribution is 14.1. The predicted molar refractivity (Wildman–Crippen MR) is 86.9 cm³/mol. The monoisotopic (exact) mass is 426 g/mol. The summed E-state index contributed by atoms with van der Waals surface area (Å²) in [6, 6.07) is 5.47. The van der Waals surface area contributed by atoms with Crippen molar-refractivity contribution < 1.29 is 12.8 Å². The highest BCUT2D eigenvalue weighted by Crippen LogP contribution is 2.28. The van der Waals surface area contributed by atoms with Crippen LogP contribution in [-0.2, 0) is 16.6 Å². The molecule has 4 nitrogen and oxygen atoms in total. The number of hydrogen-bond donors (Lipinski definition) is 2. The van der Waals surface area contributed by atoms with Gasteiger partial charge in [-0.2, -0.15) is 0 Å². The summed E-state index contributed by atoms with van der Waals surface area (Å²) in [5, 5.41) is 0. The van der Waals surface area contributed by atoms with Gasteiger partial charge in [0.05, 0.1) is 5.69 Å². The van der Waals surface area contributed by atoms with Crippen LogP contribution in [0.4, 0.5) is 10.1 Å². The van der Waals surface area contributed by atoms with Gasteiger partial charge in [-0.1, -0.05) is 0 Å². The molecule has 0 saturated heterocycles. The van der Waals surface area contributed by atoms with Crippen LogP contribution in [0.1, 0.15) is 10.4 Å². The highest BCUT2D eigenvalue weighted by Gasteiger charge is 2.19. The summed E-state index contributed by atoms with van der Waals surface area (Å²) in [6.07, 6.45) is 0. The number of benzene rings is 1. The molecule has 1 aromatic carbocycles. The second-order valence-corrected chi connectivity index (χ2v) is 8.31. The first kappa shape index (κ1) is 15.7. The van der Waals surface area contributed by atoms with E-state index < -0.39 is 15.8 Å². The maximum absolute atomic E-state index is 13.0. The number of anilines is 1. The molecular weight excluding hydrogens is 414 g/mol. The van der Waals surface area contributed by atoms with Gasteiger partial charge in [0.1, 0.15) is 10.0 Å². The van der Waals surface area contributed by atoms with Crippen LogP contribution in [0.3, 0.4) is 0 Å². The van der Waals surface area contributed by atoms with Gasteiger partial charge in [-0.05, 0) is 59.3 Å². The van der Waals surface area contributed by atoms with Crippen LogP contribution in [0.25, 0.3) is 0 Å². The van der Waals surface area contributed by atoms with Gasteiger partial charge < -0.3 is 5.73 Å². The van der Waals surface area contributed by atoms with Crippen molar-refractivity contribution in [3.8, 4) is 0 Å². The van der Waals surface area contributed by atoms with E-state index in [0.717, 1.165) is 21.8 Å². The summed E-state index contributed by atoms with van der Waals surface area (Å²) in [4.78, 5) is 0.833. The Hall–Kier alpha value is -0.710. The molecule has 0 atom stereocenters. The molecule has 0 aliphatic heterocycles. The summed E-state index contributed by atoms with van der Waals surface area (Å²) in [6.45, 7) is 2.12. The van der Waals surface area contributed by atoms with E-state index in [4.69, 9.17) is 5.73 Å². The number of nitrogens with two attached hydrogens (primary N) is 1. The van der Waals surface area contributed by atoms with Crippen molar-refractivity contribution in [3.63, 3.8) is 0 Å². The van der Waals surface area contributed by atoms with E-state index in [1.165, 1.54) is 18.2 Å². The quantitative estimate of drug-likeness (QED) is 0.739. The number of aryl methyl sites for hydroxylation is 1. The molecule has 0 radical (unpaired) electrons. The first-order chi connectivity index (χ1) is 9.33. The Kier molecular flexibility index (Phi) is 4.67. The van der Waals surface area contributed by atoms with Crippen molar-refractivity contribution in [2.75, 3.05) is 4.72 Å². The van der Waals surface area contributed by atoms with Crippen LogP contribution >= 0.6 is 33.9 Å². The van der Waals surface area contributed by atoms with Gasteiger partial charge in [-0.15, -0.1) is 11.3 Å². The fourth-order valence-electron chi connectivity index (χ4n) is 1.59. The van der Waals surface area contributed by atoms with E-state index in [0.29, 0.717) is 15.8 Å². The zero-order valence-electron chi connectivity index (χ0n) is 10.5. The molecular formula is C12H12FIN2O2S2. The number of thiophene rings is 1. The molecule has 0 saturated carbocycles. The van der Waals surface area contributed by atoms with Gasteiger partial charge in [0.25, 0.3) is 10.0 Å². The molecule has 0 bridgehead atoms. The molecule has 0 unspecified atom stereocenters. The molecule has 0 aliphatic carbocycles. The normalized spacial score (nSPS) is 11.6. The van der Waals surface area contributed by atoms with E-state index in [9.17, 15) is 12.8 Å². The van der Waals surface area contributed by atoms with E-state index in [1.807, 2.05) is 29.5 Å². The largest absolute Gasteiger partial charge is 0.326 e. The number of sulfonamides is 1. The molecule has 0 fully saturated rings. The van der Waals surface area contributed by atoms with Crippen molar-refractivity contribution in [2.45, 2.75) is 17.7 Å². The van der Waals surface area contributed by atoms with Crippen molar-refractivity contribution in [1.82, 2.24) is 0 Å². The maximum atomic E-state index is 13.0. The fourth-order valence-corrected chi connectivity index (χ4v) is 4.93. The second kappa shape index (κ2) is 5.96. The zero-order chi connectivity index (χ0) is 14.9. The van der Waals surface area contributed by atoms with Gasteiger partial charge in [0.15, 0.2) is 0 Å². The van der Waals surface area contributed by atoms with E-state index in [1.54, 1.807) is 6.07 Å². The molecule has 0 spiro atoms. The Morgan fingerprint density at radius 2 is 2.10 bits per heavy atom. The Morgan fingerprint density at radius 1 is 1.40 bits per heavy atom. The van der Waals surface area contributed by atoms with E-state index >= 15 is 0 Å². The zero-order valence-corrected chi connectivity index (χ0v) is 14.3. The van der Waals surface area contributed by atoms with Gasteiger partial charge >= 0.3 is 0 Å². The molecule has 108 valence electrons. The van der Waals surface area contributed by atoms with Crippen LogP contribution in [0.5, 0.6) is 0 Å². The molecule has 3 N–H and O–H groups in total. The Morgan fingerprint density at radius 3 is 2.65 bits per heavy atom. The lowest BCUT2D eigenvalue weighted by molar-refractivity contribution is 0.602. The van der Waals surface area contributed by atoms with E-state index in [2.05, 4.69) is 4.72 Å². The third kappa shape index (κ3) is 3.30. The van der Waals surface area contributed by atoms with Gasteiger partial charge in [0.2, 0.25) is 0 Å². The number of nitrogens with one attached hydrogen (secondary N) is 1. The van der Waals surface area contributed by atoms with Crippen molar-refractivity contribution in [1.29, 1.82) is 0 Å². The molecule has 2 aromatic rings. The minimum atomic E-state index is -3.67. The first-order valence-electron chi connectivity index (χ1n) is 5.60. The molecule has 0 aliphatic rings. The maximum Gasteiger partial charge on any atom is 0.271 e. The summed E-state index contributed by atoms with van der Waals surface area (Å²) in [5.74, 6) is -0.408. The van der Waals surface area contributed by atoms with Crippen LogP contribution < -0.4 is 10.5 Å².